The first kappa shape index (κ1) is 20.0. The summed E-state index contributed by atoms with van der Waals surface area (Å²) in [6.45, 7) is 9.88. The zero-order chi connectivity index (χ0) is 18.3. The number of carboxylic acids is 1. The summed E-state index contributed by atoms with van der Waals surface area (Å²) in [7, 11) is 0. The van der Waals surface area contributed by atoms with Gasteiger partial charge in [0.25, 0.3) is 0 Å². The van der Waals surface area contributed by atoms with Crippen molar-refractivity contribution in [3.8, 4) is 0 Å². The van der Waals surface area contributed by atoms with E-state index in [1.54, 1.807) is 20.8 Å². The van der Waals surface area contributed by atoms with Crippen LogP contribution in [0.3, 0.4) is 0 Å². The van der Waals surface area contributed by atoms with Crippen LogP contribution in [-0.4, -0.2) is 29.3 Å². The number of amides is 1. The van der Waals surface area contributed by atoms with Crippen molar-refractivity contribution in [2.45, 2.75) is 59.0 Å². The Kier molecular flexibility index (Phi) is 7.26. The van der Waals surface area contributed by atoms with Gasteiger partial charge in [-0.05, 0) is 44.2 Å². The monoisotopic (exact) mass is 335 g/mol. The molecule has 1 aromatic carbocycles. The molecular weight excluding hydrogens is 306 g/mol. The summed E-state index contributed by atoms with van der Waals surface area (Å²) >= 11 is 0. The molecule has 5 heteroatoms. The second-order valence-corrected chi connectivity index (χ2v) is 7.52. The predicted octanol–water partition coefficient (Wildman–Crippen LogP) is 3.97. The van der Waals surface area contributed by atoms with Gasteiger partial charge in [0, 0.05) is 12.5 Å². The van der Waals surface area contributed by atoms with Crippen LogP contribution in [-0.2, 0) is 16.0 Å². The summed E-state index contributed by atoms with van der Waals surface area (Å²) in [6, 6.07) is 7.93. The van der Waals surface area contributed by atoms with Crippen molar-refractivity contribution >= 4 is 12.1 Å². The average molecular weight is 335 g/mol. The van der Waals surface area contributed by atoms with Crippen molar-refractivity contribution in [2.24, 2.45) is 5.92 Å². The molecule has 134 valence electrons. The molecule has 0 aliphatic rings. The fourth-order valence-electron chi connectivity index (χ4n) is 2.48. The molecule has 1 rings (SSSR count). The van der Waals surface area contributed by atoms with Crippen molar-refractivity contribution in [1.82, 2.24) is 5.32 Å². The van der Waals surface area contributed by atoms with Crippen LogP contribution < -0.4 is 5.32 Å². The standard InChI is InChI=1S/C19H29NO4/c1-13(2)9-14-7-6-8-15(10-14)16(11-17(21)22)12-20-18(23)24-19(3,4)5/h6-8,10,13,16H,9,11-12H2,1-5H3,(H,20,23)(H,21,22). The van der Waals surface area contributed by atoms with Crippen LogP contribution in [0.1, 0.15) is 58.1 Å². The summed E-state index contributed by atoms with van der Waals surface area (Å²) in [5.74, 6) is -0.652. The van der Waals surface area contributed by atoms with E-state index >= 15 is 0 Å². The summed E-state index contributed by atoms with van der Waals surface area (Å²) in [6.07, 6.45) is 0.366. The number of alkyl carbamates (subject to hydrolysis) is 1. The van der Waals surface area contributed by atoms with E-state index < -0.39 is 17.7 Å². The fraction of sp³-hybridized carbons (Fsp3) is 0.579. The lowest BCUT2D eigenvalue weighted by atomic mass is 9.92. The normalized spacial score (nSPS) is 12.8. The van der Waals surface area contributed by atoms with Gasteiger partial charge in [-0.2, -0.15) is 0 Å². The van der Waals surface area contributed by atoms with Crippen molar-refractivity contribution in [1.29, 1.82) is 0 Å². The number of nitrogens with one attached hydrogen (secondary N) is 1. The molecule has 0 aliphatic heterocycles. The number of benzene rings is 1. The van der Waals surface area contributed by atoms with E-state index in [1.165, 1.54) is 5.56 Å². The molecule has 0 saturated heterocycles. The summed E-state index contributed by atoms with van der Waals surface area (Å²) < 4.78 is 5.21. The maximum absolute atomic E-state index is 11.8. The summed E-state index contributed by atoms with van der Waals surface area (Å²) in [4.78, 5) is 23.0. The number of rotatable bonds is 7. The molecule has 5 nitrogen and oxygen atoms in total. The molecule has 0 fully saturated rings. The zero-order valence-electron chi connectivity index (χ0n) is 15.3. The third-order valence-corrected chi connectivity index (χ3v) is 3.38. The van der Waals surface area contributed by atoms with Gasteiger partial charge in [0.05, 0.1) is 6.42 Å². The van der Waals surface area contributed by atoms with Crippen molar-refractivity contribution in [3.05, 3.63) is 35.4 Å². The van der Waals surface area contributed by atoms with Crippen molar-refractivity contribution < 1.29 is 19.4 Å². The fourth-order valence-corrected chi connectivity index (χ4v) is 2.48. The van der Waals surface area contributed by atoms with Crippen LogP contribution in [0.25, 0.3) is 0 Å². The van der Waals surface area contributed by atoms with Crippen LogP contribution in [0.2, 0.25) is 0 Å². The highest BCUT2D eigenvalue weighted by atomic mass is 16.6. The Morgan fingerprint density at radius 1 is 1.25 bits per heavy atom. The van der Waals surface area contributed by atoms with E-state index in [4.69, 9.17) is 9.84 Å². The Morgan fingerprint density at radius 3 is 2.46 bits per heavy atom. The number of carboxylic acid groups (broad SMARTS) is 1. The first-order valence-electron chi connectivity index (χ1n) is 8.34. The molecule has 1 aromatic rings. The molecule has 0 aliphatic carbocycles. The molecule has 1 amide bonds. The van der Waals surface area contributed by atoms with E-state index in [0.29, 0.717) is 5.92 Å². The van der Waals surface area contributed by atoms with Gasteiger partial charge in [-0.3, -0.25) is 4.79 Å². The summed E-state index contributed by atoms with van der Waals surface area (Å²) in [5.41, 5.74) is 1.52. The molecule has 1 atom stereocenters. The highest BCUT2D eigenvalue weighted by Crippen LogP contribution is 2.22. The van der Waals surface area contributed by atoms with Gasteiger partial charge in [0.2, 0.25) is 0 Å². The van der Waals surface area contributed by atoms with Crippen LogP contribution in [0.5, 0.6) is 0 Å². The second kappa shape index (κ2) is 8.71. The van der Waals surface area contributed by atoms with Gasteiger partial charge in [-0.1, -0.05) is 38.1 Å². The highest BCUT2D eigenvalue weighted by Gasteiger charge is 2.20. The smallest absolute Gasteiger partial charge is 0.407 e. The van der Waals surface area contributed by atoms with E-state index in [-0.39, 0.29) is 18.9 Å². The minimum absolute atomic E-state index is 0.0407. The Morgan fingerprint density at radius 2 is 1.92 bits per heavy atom. The second-order valence-electron chi connectivity index (χ2n) is 7.52. The number of hydrogen-bond acceptors (Lipinski definition) is 3. The third-order valence-electron chi connectivity index (χ3n) is 3.38. The molecule has 0 bridgehead atoms. The molecule has 24 heavy (non-hydrogen) atoms. The van der Waals surface area contributed by atoms with Gasteiger partial charge in [-0.15, -0.1) is 0 Å². The summed E-state index contributed by atoms with van der Waals surface area (Å²) in [5, 5.41) is 11.8. The number of aliphatic carboxylic acids is 1. The largest absolute Gasteiger partial charge is 0.481 e. The van der Waals surface area contributed by atoms with Gasteiger partial charge in [0.15, 0.2) is 0 Å². The van der Waals surface area contributed by atoms with E-state index in [2.05, 4.69) is 19.2 Å². The SMILES string of the molecule is CC(C)Cc1cccc(C(CNC(=O)OC(C)(C)C)CC(=O)O)c1. The lowest BCUT2D eigenvalue weighted by Crippen LogP contribution is -2.35. The molecule has 2 N–H and O–H groups in total. The number of hydrogen-bond donors (Lipinski definition) is 2. The minimum Gasteiger partial charge on any atom is -0.481 e. The number of carbonyl (C=O) groups is 2. The number of ether oxygens (including phenoxy) is 1. The van der Waals surface area contributed by atoms with Gasteiger partial charge in [0.1, 0.15) is 5.60 Å². The van der Waals surface area contributed by atoms with Crippen LogP contribution >= 0.6 is 0 Å². The predicted molar refractivity (Wildman–Crippen MR) is 94.2 cm³/mol. The maximum Gasteiger partial charge on any atom is 0.407 e. The van der Waals surface area contributed by atoms with E-state index in [0.717, 1.165) is 12.0 Å². The third kappa shape index (κ3) is 7.99. The molecule has 0 saturated carbocycles. The van der Waals surface area contributed by atoms with Crippen molar-refractivity contribution in [3.63, 3.8) is 0 Å². The Bertz CT molecular complexity index is 561. The highest BCUT2D eigenvalue weighted by molar-refractivity contribution is 5.69. The Labute approximate surface area is 144 Å². The Hall–Kier alpha value is -2.04. The van der Waals surface area contributed by atoms with E-state index in [9.17, 15) is 9.59 Å². The van der Waals surface area contributed by atoms with Gasteiger partial charge >= 0.3 is 12.1 Å². The molecule has 0 aromatic heterocycles. The first-order valence-corrected chi connectivity index (χ1v) is 8.34. The van der Waals surface area contributed by atoms with Crippen molar-refractivity contribution in [2.75, 3.05) is 6.54 Å². The lowest BCUT2D eigenvalue weighted by molar-refractivity contribution is -0.137. The minimum atomic E-state index is -0.889. The van der Waals surface area contributed by atoms with E-state index in [1.807, 2.05) is 24.3 Å². The van der Waals surface area contributed by atoms with Gasteiger partial charge < -0.3 is 15.2 Å². The van der Waals surface area contributed by atoms with Crippen LogP contribution in [0.4, 0.5) is 4.79 Å². The van der Waals surface area contributed by atoms with Gasteiger partial charge in [-0.25, -0.2) is 4.79 Å². The quantitative estimate of drug-likeness (QED) is 0.790. The zero-order valence-corrected chi connectivity index (χ0v) is 15.3. The molecule has 1 unspecified atom stereocenters. The average Bonchev–Trinajstić information content (AvgIpc) is 2.40. The molecule has 0 spiro atoms. The maximum atomic E-state index is 11.8. The molecule has 0 heterocycles. The van der Waals surface area contributed by atoms with Crippen LogP contribution in [0.15, 0.2) is 24.3 Å². The number of carbonyl (C=O) groups excluding carboxylic acids is 1. The first-order chi connectivity index (χ1) is 11.1. The lowest BCUT2D eigenvalue weighted by Gasteiger charge is -2.22. The Balaban J connectivity index is 2.81. The van der Waals surface area contributed by atoms with Crippen LogP contribution in [0, 0.1) is 5.92 Å². The molecular formula is C19H29NO4. The topological polar surface area (TPSA) is 75.6 Å². The molecule has 0 radical (unpaired) electrons.